The van der Waals surface area contributed by atoms with Crippen LogP contribution in [0.5, 0.6) is 0 Å². The summed E-state index contributed by atoms with van der Waals surface area (Å²) < 4.78 is 12.2. The topological polar surface area (TPSA) is 57.5 Å². The third-order valence-corrected chi connectivity index (χ3v) is 13.3. The lowest BCUT2D eigenvalue weighted by Gasteiger charge is -2.46. The average molecular weight is 397 g/mol. The van der Waals surface area contributed by atoms with Crippen LogP contribution in [-0.2, 0) is 4.57 Å². The van der Waals surface area contributed by atoms with Gasteiger partial charge in [0.2, 0.25) is 0 Å². The molecule has 0 aliphatic carbocycles. The maximum Gasteiger partial charge on any atom is 0.336 e. The van der Waals surface area contributed by atoms with Crippen molar-refractivity contribution in [3.8, 4) is 0 Å². The Hall–Kier alpha value is 0.500. The fourth-order valence-corrected chi connectivity index (χ4v) is 10.8. The van der Waals surface area contributed by atoms with Gasteiger partial charge in [0.1, 0.15) is 0 Å². The van der Waals surface area contributed by atoms with Gasteiger partial charge < -0.3 is 9.79 Å². The molecule has 3 nitrogen and oxygen atoms in total. The summed E-state index contributed by atoms with van der Waals surface area (Å²) in [5, 5.41) is 0. The summed E-state index contributed by atoms with van der Waals surface area (Å²) in [6.07, 6.45) is 14.4. The van der Waals surface area contributed by atoms with Crippen LogP contribution in [0.1, 0.15) is 105 Å². The van der Waals surface area contributed by atoms with Gasteiger partial charge in [0.15, 0.2) is 0 Å². The fraction of sp³-hybridized carbons (Fsp3) is 1.00. The number of hydrogen-bond acceptors (Lipinski definition) is 1. The van der Waals surface area contributed by atoms with Crippen molar-refractivity contribution in [2.75, 3.05) is 17.3 Å². The van der Waals surface area contributed by atoms with Crippen molar-refractivity contribution < 1.29 is 14.4 Å². The molecule has 0 heterocycles. The van der Waals surface area contributed by atoms with Crippen LogP contribution in [0, 0.1) is 0 Å². The van der Waals surface area contributed by atoms with Gasteiger partial charge in [0.25, 0.3) is 0 Å². The van der Waals surface area contributed by atoms with Crippen molar-refractivity contribution in [2.24, 2.45) is 0 Å². The number of hydrogen-bond donors (Lipinski definition) is 2. The highest BCUT2D eigenvalue weighted by atomic mass is 32.3. The average Bonchev–Trinajstić information content (AvgIpc) is 2.57. The van der Waals surface area contributed by atoms with Gasteiger partial charge in [0.05, 0.1) is 4.99 Å². The largest absolute Gasteiger partial charge is 0.336 e. The molecule has 1 unspecified atom stereocenters. The van der Waals surface area contributed by atoms with Crippen molar-refractivity contribution in [3.05, 3.63) is 0 Å². The van der Waals surface area contributed by atoms with E-state index in [9.17, 15) is 14.4 Å². The lowest BCUT2D eigenvalue weighted by molar-refractivity contribution is 0.371. The van der Waals surface area contributed by atoms with Crippen LogP contribution < -0.4 is 0 Å². The van der Waals surface area contributed by atoms with Crippen molar-refractivity contribution in [2.45, 2.75) is 110 Å². The van der Waals surface area contributed by atoms with E-state index in [0.717, 1.165) is 36.5 Å². The smallest absolute Gasteiger partial charge is 0.324 e. The highest BCUT2D eigenvalue weighted by Crippen LogP contribution is 2.66. The number of rotatable bonds is 17. The highest BCUT2D eigenvalue weighted by molar-refractivity contribution is 8.36. The van der Waals surface area contributed by atoms with Gasteiger partial charge in [-0.05, 0) is 43.4 Å². The summed E-state index contributed by atoms with van der Waals surface area (Å²) in [6.45, 7) is 8.51. The molecule has 2 N–H and O–H groups in total. The Balaban J connectivity index is 5.10. The normalized spacial score (nSPS) is 14.6. The zero-order valence-corrected chi connectivity index (χ0v) is 19.1. The van der Waals surface area contributed by atoms with Crippen LogP contribution in [0.3, 0.4) is 0 Å². The second-order valence-electron chi connectivity index (χ2n) is 7.60. The predicted molar refractivity (Wildman–Crippen MR) is 116 cm³/mol. The minimum absolute atomic E-state index is 0.426. The molecule has 0 saturated carbocycles. The molecule has 0 spiro atoms. The first-order valence-corrected chi connectivity index (χ1v) is 14.5. The molecule has 154 valence electrons. The van der Waals surface area contributed by atoms with Gasteiger partial charge >= 0.3 is 7.60 Å². The molecule has 1 atom stereocenters. The van der Waals surface area contributed by atoms with Crippen molar-refractivity contribution in [1.29, 1.82) is 0 Å². The summed E-state index contributed by atoms with van der Waals surface area (Å²) in [6, 6.07) is 0. The highest BCUT2D eigenvalue weighted by Gasteiger charge is 2.39. The van der Waals surface area contributed by atoms with Crippen molar-refractivity contribution in [3.63, 3.8) is 0 Å². The van der Waals surface area contributed by atoms with E-state index in [1.807, 2.05) is 6.92 Å². The molecule has 5 heteroatoms. The second kappa shape index (κ2) is 14.5. The Bertz CT molecular complexity index is 326. The third-order valence-electron chi connectivity index (χ3n) is 5.41. The van der Waals surface area contributed by atoms with Gasteiger partial charge in [-0.2, -0.15) is 0 Å². The first-order valence-electron chi connectivity index (χ1n) is 10.6. The SMILES string of the molecule is CCCCCCS(CCCCCC)(CCCCCC)C(C)P(=O)(O)O. The molecule has 0 aliphatic rings. The van der Waals surface area contributed by atoms with Crippen LogP contribution in [0.15, 0.2) is 0 Å². The molecular formula is C20H45O3PS. The molecule has 0 aliphatic heterocycles. The maximum absolute atomic E-state index is 12.2. The van der Waals surface area contributed by atoms with E-state index in [1.54, 1.807) is 0 Å². The zero-order chi connectivity index (χ0) is 19.2. The minimum Gasteiger partial charge on any atom is -0.324 e. The van der Waals surface area contributed by atoms with E-state index in [0.29, 0.717) is 0 Å². The summed E-state index contributed by atoms with van der Waals surface area (Å²) in [5.74, 6) is 3.20. The summed E-state index contributed by atoms with van der Waals surface area (Å²) >= 11 is 0. The quantitative estimate of drug-likeness (QED) is 0.204. The Labute approximate surface area is 159 Å². The van der Waals surface area contributed by atoms with Gasteiger partial charge in [-0.3, -0.25) is 4.57 Å². The first kappa shape index (κ1) is 25.5. The van der Waals surface area contributed by atoms with Crippen LogP contribution in [-0.4, -0.2) is 32.0 Å². The van der Waals surface area contributed by atoms with Gasteiger partial charge in [-0.1, -0.05) is 78.6 Å². The van der Waals surface area contributed by atoms with E-state index in [-0.39, 0.29) is 0 Å². The Kier molecular flexibility index (Phi) is 14.8. The molecule has 0 amide bonds. The van der Waals surface area contributed by atoms with Crippen LogP contribution >= 0.6 is 17.6 Å². The van der Waals surface area contributed by atoms with E-state index >= 15 is 0 Å². The molecule has 0 aromatic heterocycles. The van der Waals surface area contributed by atoms with Gasteiger partial charge in [-0.25, -0.2) is 10.0 Å². The molecular weight excluding hydrogens is 351 g/mol. The molecule has 0 bridgehead atoms. The van der Waals surface area contributed by atoms with Gasteiger partial charge in [-0.15, -0.1) is 0 Å². The summed E-state index contributed by atoms with van der Waals surface area (Å²) in [4.78, 5) is 19.5. The Morgan fingerprint density at radius 1 is 0.680 bits per heavy atom. The first-order chi connectivity index (χ1) is 11.8. The Morgan fingerprint density at radius 2 is 1.00 bits per heavy atom. The molecule has 0 fully saturated rings. The summed E-state index contributed by atoms with van der Waals surface area (Å²) in [7, 11) is -5.25. The minimum atomic E-state index is -4.01. The molecule has 0 radical (unpaired) electrons. The monoisotopic (exact) mass is 396 g/mol. The van der Waals surface area contributed by atoms with Crippen LogP contribution in [0.4, 0.5) is 0 Å². The lowest BCUT2D eigenvalue weighted by Crippen LogP contribution is -2.25. The lowest BCUT2D eigenvalue weighted by atomic mass is 10.2. The van der Waals surface area contributed by atoms with E-state index in [4.69, 9.17) is 0 Å². The number of unbranched alkanes of at least 4 members (excludes halogenated alkanes) is 9. The Morgan fingerprint density at radius 3 is 1.24 bits per heavy atom. The maximum atomic E-state index is 12.2. The fourth-order valence-electron chi connectivity index (χ4n) is 3.56. The van der Waals surface area contributed by atoms with E-state index in [1.165, 1.54) is 57.8 Å². The molecule has 0 aromatic carbocycles. The molecule has 0 saturated heterocycles. The molecule has 25 heavy (non-hydrogen) atoms. The van der Waals surface area contributed by atoms with E-state index < -0.39 is 22.6 Å². The van der Waals surface area contributed by atoms with Crippen molar-refractivity contribution >= 4 is 17.6 Å². The second-order valence-corrected chi connectivity index (χ2v) is 14.1. The van der Waals surface area contributed by atoms with Crippen molar-refractivity contribution in [1.82, 2.24) is 0 Å². The van der Waals surface area contributed by atoms with Crippen LogP contribution in [0.2, 0.25) is 0 Å². The molecule has 0 rings (SSSR count). The van der Waals surface area contributed by atoms with E-state index in [2.05, 4.69) is 20.8 Å². The summed E-state index contributed by atoms with van der Waals surface area (Å²) in [5.41, 5.74) is 0. The molecule has 0 aromatic rings. The third kappa shape index (κ3) is 11.1. The predicted octanol–water partition coefficient (Wildman–Crippen LogP) is 7.06. The zero-order valence-electron chi connectivity index (χ0n) is 17.3. The van der Waals surface area contributed by atoms with Crippen LogP contribution in [0.25, 0.3) is 0 Å². The standard InChI is InChI=1S/C20H45O3PS/c1-5-8-11-14-17-25(18-15-12-9-6-2,19-16-13-10-7-3)20(4)24(21,22)23/h20H,5-19H2,1-4H3,(H2,21,22,23). The van der Waals surface area contributed by atoms with Gasteiger partial charge in [0, 0.05) is 0 Å².